The fraction of sp³-hybridized carbons (Fsp3) is 0.263. The highest BCUT2D eigenvalue weighted by atomic mass is 35.5. The van der Waals surface area contributed by atoms with Crippen molar-refractivity contribution in [1.29, 1.82) is 0 Å². The van der Waals surface area contributed by atoms with Crippen LogP contribution in [0.2, 0.25) is 10.0 Å². The van der Waals surface area contributed by atoms with Gasteiger partial charge < -0.3 is 9.84 Å². The van der Waals surface area contributed by atoms with Gasteiger partial charge in [-0.2, -0.15) is 0 Å². The molecule has 0 aromatic heterocycles. The van der Waals surface area contributed by atoms with Gasteiger partial charge in [0.25, 0.3) is 11.6 Å². The van der Waals surface area contributed by atoms with Crippen LogP contribution in [0.3, 0.4) is 0 Å². The molecule has 0 bridgehead atoms. The second-order valence-electron chi connectivity index (χ2n) is 6.45. The Hall–Kier alpha value is -2.84. The van der Waals surface area contributed by atoms with E-state index < -0.39 is 28.8 Å². The summed E-state index contributed by atoms with van der Waals surface area (Å²) in [5.41, 5.74) is -0.179. The largest absolute Gasteiger partial charge is 0.506 e. The number of esters is 1. The molecule has 1 N–H and O–H groups in total. The Balaban J connectivity index is 2.66. The van der Waals surface area contributed by atoms with E-state index in [-0.39, 0.29) is 32.7 Å². The average molecular weight is 441 g/mol. The molecule has 0 radical (unpaired) electrons. The molecule has 0 spiro atoms. The Morgan fingerprint density at radius 3 is 2.17 bits per heavy atom. The Morgan fingerprint density at radius 2 is 1.69 bits per heavy atom. The van der Waals surface area contributed by atoms with Crippen LogP contribution in [-0.2, 0) is 9.53 Å². The summed E-state index contributed by atoms with van der Waals surface area (Å²) in [6.07, 6.45) is 0. The van der Waals surface area contributed by atoms with E-state index in [2.05, 4.69) is 0 Å². The van der Waals surface area contributed by atoms with Crippen LogP contribution in [-0.4, -0.2) is 35.1 Å². The number of carbonyl (C=O) groups is 2. The molecule has 8 nitrogen and oxygen atoms in total. The second-order valence-corrected chi connectivity index (χ2v) is 7.26. The molecule has 0 unspecified atom stereocenters. The Kier molecular flexibility index (Phi) is 7.05. The maximum atomic E-state index is 13.3. The van der Waals surface area contributed by atoms with Crippen LogP contribution >= 0.6 is 23.2 Å². The molecule has 2 aromatic rings. The summed E-state index contributed by atoms with van der Waals surface area (Å²) in [4.78, 5) is 37.1. The topological polar surface area (TPSA) is 110 Å². The van der Waals surface area contributed by atoms with Gasteiger partial charge >= 0.3 is 5.97 Å². The zero-order valence-corrected chi connectivity index (χ0v) is 17.3. The number of benzene rings is 2. The van der Waals surface area contributed by atoms with Crippen molar-refractivity contribution in [2.24, 2.45) is 5.92 Å². The summed E-state index contributed by atoms with van der Waals surface area (Å²) in [5.74, 6) is -2.17. The molecule has 154 valence electrons. The van der Waals surface area contributed by atoms with E-state index in [1.165, 1.54) is 37.4 Å². The number of halogens is 2. The van der Waals surface area contributed by atoms with Crippen LogP contribution in [0.4, 0.5) is 11.4 Å². The third-order valence-corrected chi connectivity index (χ3v) is 4.90. The third-order valence-electron chi connectivity index (χ3n) is 4.17. The number of anilines is 1. The SMILES string of the molecule is COC(=O)[C@@H](C(C)C)N(C(=O)c1ccc([N+](=O)[O-])cc1)c1cc(Cl)c(Cl)cc1O. The van der Waals surface area contributed by atoms with Gasteiger partial charge in [-0.1, -0.05) is 37.0 Å². The quantitative estimate of drug-likeness (QED) is 0.403. The fourth-order valence-corrected chi connectivity index (χ4v) is 3.08. The number of amides is 1. The van der Waals surface area contributed by atoms with Crippen molar-refractivity contribution >= 4 is 46.5 Å². The number of phenolic OH excluding ortho intramolecular Hbond substituents is 1. The van der Waals surface area contributed by atoms with Crippen LogP contribution < -0.4 is 4.90 Å². The maximum absolute atomic E-state index is 13.3. The standard InChI is InChI=1S/C19H18Cl2N2O6/c1-10(2)17(19(26)29-3)22(15-8-13(20)14(21)9-16(15)24)18(25)11-4-6-12(7-5-11)23(27)28/h4-10,17,24H,1-3H3/t17-/m1/s1. The lowest BCUT2D eigenvalue weighted by molar-refractivity contribution is -0.384. The van der Waals surface area contributed by atoms with Crippen LogP contribution in [0.25, 0.3) is 0 Å². The van der Waals surface area contributed by atoms with Crippen molar-refractivity contribution in [2.75, 3.05) is 12.0 Å². The van der Waals surface area contributed by atoms with Gasteiger partial charge in [-0.3, -0.25) is 19.8 Å². The smallest absolute Gasteiger partial charge is 0.329 e. The molecule has 2 aromatic carbocycles. The molecule has 29 heavy (non-hydrogen) atoms. The summed E-state index contributed by atoms with van der Waals surface area (Å²) >= 11 is 12.0. The summed E-state index contributed by atoms with van der Waals surface area (Å²) in [5, 5.41) is 21.4. The first-order valence-corrected chi connectivity index (χ1v) is 9.18. The predicted molar refractivity (Wildman–Crippen MR) is 109 cm³/mol. The van der Waals surface area contributed by atoms with Crippen LogP contribution in [0.15, 0.2) is 36.4 Å². The summed E-state index contributed by atoms with van der Waals surface area (Å²) in [6, 6.07) is 6.18. The number of carbonyl (C=O) groups excluding carboxylic acids is 2. The molecule has 0 heterocycles. The van der Waals surface area contributed by atoms with Gasteiger partial charge in [0.05, 0.1) is 27.8 Å². The summed E-state index contributed by atoms with van der Waals surface area (Å²) < 4.78 is 4.84. The van der Waals surface area contributed by atoms with E-state index in [1.807, 2.05) is 0 Å². The molecule has 1 atom stereocenters. The van der Waals surface area contributed by atoms with Crippen molar-refractivity contribution in [3.05, 3.63) is 62.1 Å². The molecule has 0 aliphatic carbocycles. The molecule has 10 heteroatoms. The first-order chi connectivity index (χ1) is 13.6. The first kappa shape index (κ1) is 22.4. The molecular weight excluding hydrogens is 423 g/mol. The zero-order chi connectivity index (χ0) is 21.9. The molecule has 0 saturated heterocycles. The minimum Gasteiger partial charge on any atom is -0.506 e. The normalized spacial score (nSPS) is 11.8. The van der Waals surface area contributed by atoms with Gasteiger partial charge in [0.2, 0.25) is 0 Å². The predicted octanol–water partition coefficient (Wildman–Crippen LogP) is 4.45. The summed E-state index contributed by atoms with van der Waals surface area (Å²) in [6.45, 7) is 3.40. The van der Waals surface area contributed by atoms with Crippen LogP contribution in [0.1, 0.15) is 24.2 Å². The maximum Gasteiger partial charge on any atom is 0.329 e. The van der Waals surface area contributed by atoms with Gasteiger partial charge in [-0.05, 0) is 24.1 Å². The van der Waals surface area contributed by atoms with Crippen molar-refractivity contribution in [1.82, 2.24) is 0 Å². The third kappa shape index (κ3) is 4.78. The number of rotatable bonds is 6. The van der Waals surface area contributed by atoms with Crippen molar-refractivity contribution in [2.45, 2.75) is 19.9 Å². The molecule has 0 saturated carbocycles. The number of aromatic hydroxyl groups is 1. The zero-order valence-electron chi connectivity index (χ0n) is 15.8. The number of nitro groups is 1. The van der Waals surface area contributed by atoms with Crippen molar-refractivity contribution in [3.8, 4) is 5.75 Å². The van der Waals surface area contributed by atoms with E-state index in [4.69, 9.17) is 27.9 Å². The lowest BCUT2D eigenvalue weighted by atomic mass is 10.00. The van der Waals surface area contributed by atoms with Crippen molar-refractivity contribution in [3.63, 3.8) is 0 Å². The molecule has 2 rings (SSSR count). The molecule has 0 aliphatic rings. The highest BCUT2D eigenvalue weighted by Gasteiger charge is 2.37. The van der Waals surface area contributed by atoms with Gasteiger partial charge in [0.1, 0.15) is 11.8 Å². The number of hydrogen-bond acceptors (Lipinski definition) is 6. The molecule has 1 amide bonds. The van der Waals surface area contributed by atoms with Gasteiger partial charge in [0, 0.05) is 23.8 Å². The van der Waals surface area contributed by atoms with Crippen LogP contribution in [0.5, 0.6) is 5.75 Å². The van der Waals surface area contributed by atoms with Crippen molar-refractivity contribution < 1.29 is 24.4 Å². The fourth-order valence-electron chi connectivity index (χ4n) is 2.77. The number of methoxy groups -OCH3 is 1. The lowest BCUT2D eigenvalue weighted by Crippen LogP contribution is -2.49. The number of phenols is 1. The molecule has 0 aliphatic heterocycles. The minimum absolute atomic E-state index is 0.0492. The number of nitrogens with zero attached hydrogens (tertiary/aromatic N) is 2. The minimum atomic E-state index is -1.11. The van der Waals surface area contributed by atoms with E-state index in [0.29, 0.717) is 0 Å². The average Bonchev–Trinajstić information content (AvgIpc) is 2.67. The van der Waals surface area contributed by atoms with Gasteiger partial charge in [-0.15, -0.1) is 0 Å². The van der Waals surface area contributed by atoms with E-state index in [1.54, 1.807) is 13.8 Å². The number of hydrogen-bond donors (Lipinski definition) is 1. The second kappa shape index (κ2) is 9.11. The van der Waals surface area contributed by atoms with Gasteiger partial charge in [0.15, 0.2) is 0 Å². The first-order valence-electron chi connectivity index (χ1n) is 8.42. The number of nitro benzene ring substituents is 1. The van der Waals surface area contributed by atoms with E-state index in [9.17, 15) is 24.8 Å². The number of non-ortho nitro benzene ring substituents is 1. The Bertz CT molecular complexity index is 946. The monoisotopic (exact) mass is 440 g/mol. The molecular formula is C19H18Cl2N2O6. The van der Waals surface area contributed by atoms with Gasteiger partial charge in [-0.25, -0.2) is 4.79 Å². The highest BCUT2D eigenvalue weighted by Crippen LogP contribution is 2.38. The number of ether oxygens (including phenoxy) is 1. The molecule has 0 fully saturated rings. The van der Waals surface area contributed by atoms with Crippen LogP contribution in [0, 0.1) is 16.0 Å². The highest BCUT2D eigenvalue weighted by molar-refractivity contribution is 6.42. The van der Waals surface area contributed by atoms with E-state index >= 15 is 0 Å². The Morgan fingerprint density at radius 1 is 1.14 bits per heavy atom. The lowest BCUT2D eigenvalue weighted by Gasteiger charge is -2.33. The summed E-state index contributed by atoms with van der Waals surface area (Å²) in [7, 11) is 1.18. The Labute approximate surface area is 176 Å². The van der Waals surface area contributed by atoms with E-state index in [0.717, 1.165) is 11.0 Å².